The van der Waals surface area contributed by atoms with E-state index in [0.29, 0.717) is 6.54 Å². The highest BCUT2D eigenvalue weighted by Gasteiger charge is 2.08. The molecule has 0 aliphatic rings. The average Bonchev–Trinajstić information content (AvgIpc) is 2.29. The minimum atomic E-state index is 0.452. The second-order valence-electron chi connectivity index (χ2n) is 3.78. The molecule has 1 aromatic carbocycles. The third-order valence-electron chi connectivity index (χ3n) is 2.57. The molecular weight excluding hydrogens is 200 g/mol. The summed E-state index contributed by atoms with van der Waals surface area (Å²) in [5, 5.41) is 8.70. The number of methoxy groups -OCH3 is 1. The molecule has 0 atom stereocenters. The van der Waals surface area contributed by atoms with Gasteiger partial charge >= 0.3 is 0 Å². The summed E-state index contributed by atoms with van der Waals surface area (Å²) >= 11 is 0. The Morgan fingerprint density at radius 1 is 1.44 bits per heavy atom. The molecule has 16 heavy (non-hydrogen) atoms. The zero-order chi connectivity index (χ0) is 12.0. The maximum absolute atomic E-state index is 8.70. The summed E-state index contributed by atoms with van der Waals surface area (Å²) in [5.74, 6) is 0.891. The van der Waals surface area contributed by atoms with Gasteiger partial charge in [-0.2, -0.15) is 5.26 Å². The SMILES string of the molecule is CCN(CC#N)Cc1cc(C)ccc1OC. The Morgan fingerprint density at radius 2 is 2.19 bits per heavy atom. The molecule has 0 saturated heterocycles. The van der Waals surface area contributed by atoms with Gasteiger partial charge in [-0.05, 0) is 19.5 Å². The van der Waals surface area contributed by atoms with Crippen LogP contribution in [0.1, 0.15) is 18.1 Å². The molecule has 0 N–H and O–H groups in total. The third kappa shape index (κ3) is 3.25. The first-order valence-corrected chi connectivity index (χ1v) is 5.44. The largest absolute Gasteiger partial charge is 0.496 e. The highest BCUT2D eigenvalue weighted by Crippen LogP contribution is 2.21. The molecule has 3 nitrogen and oxygen atoms in total. The molecule has 1 aromatic rings. The van der Waals surface area contributed by atoms with Crippen LogP contribution in [0.15, 0.2) is 18.2 Å². The number of ether oxygens (including phenoxy) is 1. The van der Waals surface area contributed by atoms with Crippen molar-refractivity contribution in [2.24, 2.45) is 0 Å². The molecule has 0 heterocycles. The van der Waals surface area contributed by atoms with Gasteiger partial charge in [-0.25, -0.2) is 0 Å². The fourth-order valence-corrected chi connectivity index (χ4v) is 1.65. The van der Waals surface area contributed by atoms with Gasteiger partial charge in [0.15, 0.2) is 0 Å². The van der Waals surface area contributed by atoms with Crippen LogP contribution >= 0.6 is 0 Å². The Hall–Kier alpha value is -1.53. The van der Waals surface area contributed by atoms with Crippen LogP contribution in [0.3, 0.4) is 0 Å². The third-order valence-corrected chi connectivity index (χ3v) is 2.57. The van der Waals surface area contributed by atoms with Gasteiger partial charge in [-0.15, -0.1) is 0 Å². The van der Waals surface area contributed by atoms with E-state index in [9.17, 15) is 0 Å². The summed E-state index contributed by atoms with van der Waals surface area (Å²) in [4.78, 5) is 2.08. The molecule has 0 saturated carbocycles. The monoisotopic (exact) mass is 218 g/mol. The first kappa shape index (κ1) is 12.5. The van der Waals surface area contributed by atoms with Gasteiger partial charge in [0.25, 0.3) is 0 Å². The van der Waals surface area contributed by atoms with Crippen LogP contribution < -0.4 is 4.74 Å². The minimum absolute atomic E-state index is 0.452. The lowest BCUT2D eigenvalue weighted by molar-refractivity contribution is 0.306. The second-order valence-corrected chi connectivity index (χ2v) is 3.78. The quantitative estimate of drug-likeness (QED) is 0.712. The average molecular weight is 218 g/mol. The van der Waals surface area contributed by atoms with Crippen LogP contribution in [-0.2, 0) is 6.54 Å². The van der Waals surface area contributed by atoms with Crippen molar-refractivity contribution >= 4 is 0 Å². The molecule has 3 heteroatoms. The molecule has 0 aliphatic heterocycles. The van der Waals surface area contributed by atoms with Crippen molar-refractivity contribution in [3.05, 3.63) is 29.3 Å². The lowest BCUT2D eigenvalue weighted by Gasteiger charge is -2.18. The number of nitriles is 1. The number of rotatable bonds is 5. The van der Waals surface area contributed by atoms with Crippen molar-refractivity contribution < 1.29 is 4.74 Å². The maximum Gasteiger partial charge on any atom is 0.123 e. The molecule has 86 valence electrons. The Morgan fingerprint density at radius 3 is 2.75 bits per heavy atom. The number of aryl methyl sites for hydroxylation is 1. The number of benzene rings is 1. The summed E-state index contributed by atoms with van der Waals surface area (Å²) in [6.07, 6.45) is 0. The topological polar surface area (TPSA) is 36.3 Å². The number of hydrogen-bond acceptors (Lipinski definition) is 3. The number of nitrogens with zero attached hydrogens (tertiary/aromatic N) is 2. The van der Waals surface area contributed by atoms with Gasteiger partial charge in [-0.3, -0.25) is 4.90 Å². The van der Waals surface area contributed by atoms with Gasteiger partial charge in [-0.1, -0.05) is 24.6 Å². The first-order valence-electron chi connectivity index (χ1n) is 5.44. The van der Waals surface area contributed by atoms with E-state index in [1.54, 1.807) is 7.11 Å². The predicted octanol–water partition coefficient (Wildman–Crippen LogP) is 2.35. The Kier molecular flexibility index (Phi) is 4.81. The van der Waals surface area contributed by atoms with Crippen molar-refractivity contribution in [3.63, 3.8) is 0 Å². The summed E-state index contributed by atoms with van der Waals surface area (Å²) in [6, 6.07) is 8.29. The van der Waals surface area contributed by atoms with Crippen LogP contribution in [0.25, 0.3) is 0 Å². The second kappa shape index (κ2) is 6.14. The summed E-state index contributed by atoms with van der Waals surface area (Å²) in [6.45, 7) is 6.19. The normalized spacial score (nSPS) is 10.2. The molecule has 1 rings (SSSR count). The van der Waals surface area contributed by atoms with Gasteiger partial charge in [0.05, 0.1) is 19.7 Å². The highest BCUT2D eigenvalue weighted by atomic mass is 16.5. The standard InChI is InChI=1S/C13H18N2O/c1-4-15(8-7-14)10-12-9-11(2)5-6-13(12)16-3/h5-6,9H,4,8,10H2,1-3H3. The van der Waals surface area contributed by atoms with Crippen molar-refractivity contribution in [2.75, 3.05) is 20.2 Å². The highest BCUT2D eigenvalue weighted by molar-refractivity contribution is 5.36. The number of hydrogen-bond donors (Lipinski definition) is 0. The van der Waals surface area contributed by atoms with E-state index in [1.165, 1.54) is 5.56 Å². The molecular formula is C13H18N2O. The van der Waals surface area contributed by atoms with Crippen molar-refractivity contribution in [2.45, 2.75) is 20.4 Å². The summed E-state index contributed by atoms with van der Waals surface area (Å²) < 4.78 is 5.31. The van der Waals surface area contributed by atoms with E-state index in [-0.39, 0.29) is 0 Å². The smallest absolute Gasteiger partial charge is 0.123 e. The predicted molar refractivity (Wildman–Crippen MR) is 64.3 cm³/mol. The zero-order valence-electron chi connectivity index (χ0n) is 10.2. The fraction of sp³-hybridized carbons (Fsp3) is 0.462. The zero-order valence-corrected chi connectivity index (χ0v) is 10.2. The molecule has 0 unspecified atom stereocenters. The van der Waals surface area contributed by atoms with Crippen molar-refractivity contribution in [3.8, 4) is 11.8 Å². The van der Waals surface area contributed by atoms with Crippen LogP contribution in [0.4, 0.5) is 0 Å². The van der Waals surface area contributed by atoms with Gasteiger partial charge in [0.1, 0.15) is 5.75 Å². The lowest BCUT2D eigenvalue weighted by Crippen LogP contribution is -2.23. The van der Waals surface area contributed by atoms with Gasteiger partial charge in [0, 0.05) is 12.1 Å². The van der Waals surface area contributed by atoms with E-state index >= 15 is 0 Å². The Balaban J connectivity index is 2.85. The van der Waals surface area contributed by atoms with Crippen LogP contribution in [0.2, 0.25) is 0 Å². The van der Waals surface area contributed by atoms with Gasteiger partial charge < -0.3 is 4.74 Å². The Bertz CT molecular complexity index is 382. The maximum atomic E-state index is 8.70. The minimum Gasteiger partial charge on any atom is -0.496 e. The van der Waals surface area contributed by atoms with E-state index in [4.69, 9.17) is 10.00 Å². The van der Waals surface area contributed by atoms with E-state index in [2.05, 4.69) is 30.9 Å². The summed E-state index contributed by atoms with van der Waals surface area (Å²) in [7, 11) is 1.68. The molecule has 0 amide bonds. The summed E-state index contributed by atoms with van der Waals surface area (Å²) in [5.41, 5.74) is 2.35. The fourth-order valence-electron chi connectivity index (χ4n) is 1.65. The molecule has 0 radical (unpaired) electrons. The van der Waals surface area contributed by atoms with Crippen molar-refractivity contribution in [1.82, 2.24) is 4.90 Å². The van der Waals surface area contributed by atoms with Crippen LogP contribution in [-0.4, -0.2) is 25.1 Å². The molecule has 0 fully saturated rings. The molecule has 0 bridgehead atoms. The molecule has 0 aliphatic carbocycles. The first-order chi connectivity index (χ1) is 7.71. The van der Waals surface area contributed by atoms with Crippen molar-refractivity contribution in [1.29, 1.82) is 5.26 Å². The molecule has 0 aromatic heterocycles. The van der Waals surface area contributed by atoms with E-state index in [1.807, 2.05) is 12.1 Å². The van der Waals surface area contributed by atoms with Crippen LogP contribution in [0, 0.1) is 18.3 Å². The Labute approximate surface area is 97.3 Å². The van der Waals surface area contributed by atoms with E-state index < -0.39 is 0 Å². The van der Waals surface area contributed by atoms with E-state index in [0.717, 1.165) is 24.4 Å². The van der Waals surface area contributed by atoms with Gasteiger partial charge in [0.2, 0.25) is 0 Å². The molecule has 0 spiro atoms. The lowest BCUT2D eigenvalue weighted by atomic mass is 10.1. The van der Waals surface area contributed by atoms with Crippen LogP contribution in [0.5, 0.6) is 5.75 Å².